The average Bonchev–Trinajstić information content (AvgIpc) is 3.27. The van der Waals surface area contributed by atoms with E-state index in [-0.39, 0.29) is 37.5 Å². The van der Waals surface area contributed by atoms with Gasteiger partial charge in [-0.25, -0.2) is 0 Å². The molecule has 4 fully saturated rings. The number of benzene rings is 1. The topological polar surface area (TPSA) is 104 Å². The molecule has 1 aromatic rings. The molecule has 8 nitrogen and oxygen atoms in total. The molecular formula is C29H32Cl2N2O6. The fourth-order valence-corrected chi connectivity index (χ4v) is 8.78. The Morgan fingerprint density at radius 3 is 2.33 bits per heavy atom. The molecule has 0 aromatic heterocycles. The van der Waals surface area contributed by atoms with Crippen molar-refractivity contribution in [2.45, 2.75) is 66.7 Å². The highest BCUT2D eigenvalue weighted by atomic mass is 35.5. The van der Waals surface area contributed by atoms with E-state index in [0.29, 0.717) is 17.7 Å². The Hall–Kier alpha value is -2.42. The Balaban J connectivity index is 1.44. The minimum atomic E-state index is -1.79. The van der Waals surface area contributed by atoms with Crippen molar-refractivity contribution in [2.24, 2.45) is 17.8 Å². The molecule has 2 heterocycles. The molecule has 2 saturated carbocycles. The number of aliphatic hydroxyl groups is 1. The maximum atomic E-state index is 14.0. The van der Waals surface area contributed by atoms with Crippen LogP contribution in [0.3, 0.4) is 0 Å². The largest absolute Gasteiger partial charge is 0.491 e. The van der Waals surface area contributed by atoms with Gasteiger partial charge in [0, 0.05) is 19.0 Å². The van der Waals surface area contributed by atoms with Crippen molar-refractivity contribution in [2.75, 3.05) is 20.3 Å². The summed E-state index contributed by atoms with van der Waals surface area (Å²) in [6.45, 7) is 0.00332. The van der Waals surface area contributed by atoms with Crippen LogP contribution in [0.1, 0.15) is 56.4 Å². The zero-order valence-electron chi connectivity index (χ0n) is 21.8. The highest BCUT2D eigenvalue weighted by molar-refractivity contribution is 6.53. The van der Waals surface area contributed by atoms with Gasteiger partial charge in [0.1, 0.15) is 12.4 Å². The van der Waals surface area contributed by atoms with Gasteiger partial charge in [0.2, 0.25) is 11.8 Å². The van der Waals surface area contributed by atoms with E-state index >= 15 is 0 Å². The van der Waals surface area contributed by atoms with Crippen LogP contribution in [-0.4, -0.2) is 74.6 Å². The molecule has 4 amide bonds. The number of alkyl halides is 2. The molecule has 0 bridgehead atoms. The molecule has 2 aliphatic heterocycles. The van der Waals surface area contributed by atoms with Crippen LogP contribution in [0.15, 0.2) is 35.9 Å². The smallest absolute Gasteiger partial charge is 0.253 e. The molecule has 5 aliphatic rings. The van der Waals surface area contributed by atoms with Gasteiger partial charge in [-0.3, -0.25) is 29.0 Å². The van der Waals surface area contributed by atoms with Gasteiger partial charge < -0.3 is 9.84 Å². The third-order valence-electron chi connectivity index (χ3n) is 9.56. The van der Waals surface area contributed by atoms with E-state index in [2.05, 4.69) is 0 Å². The highest BCUT2D eigenvalue weighted by Crippen LogP contribution is 2.65. The molecule has 2 saturated heterocycles. The van der Waals surface area contributed by atoms with Crippen LogP contribution in [0.4, 0.5) is 0 Å². The second kappa shape index (κ2) is 9.60. The summed E-state index contributed by atoms with van der Waals surface area (Å²) in [5.41, 5.74) is 1.45. The second-order valence-corrected chi connectivity index (χ2v) is 12.7. The van der Waals surface area contributed by atoms with Gasteiger partial charge in [-0.15, -0.1) is 23.2 Å². The first-order valence-corrected chi connectivity index (χ1v) is 14.5. The molecule has 6 atom stereocenters. The van der Waals surface area contributed by atoms with Crippen molar-refractivity contribution in [3.05, 3.63) is 41.5 Å². The quantitative estimate of drug-likeness (QED) is 0.328. The van der Waals surface area contributed by atoms with Crippen LogP contribution in [0.5, 0.6) is 5.75 Å². The van der Waals surface area contributed by atoms with Crippen molar-refractivity contribution in [1.82, 2.24) is 9.80 Å². The summed E-state index contributed by atoms with van der Waals surface area (Å²) in [4.78, 5) is 53.6. The molecule has 6 rings (SSSR count). The summed E-state index contributed by atoms with van der Waals surface area (Å²) >= 11 is 14.4. The lowest BCUT2D eigenvalue weighted by atomic mass is 9.56. The van der Waals surface area contributed by atoms with E-state index in [0.717, 1.165) is 42.6 Å². The maximum absolute atomic E-state index is 14.0. The summed E-state index contributed by atoms with van der Waals surface area (Å²) < 4.78 is 5.50. The van der Waals surface area contributed by atoms with E-state index in [1.807, 2.05) is 6.08 Å². The van der Waals surface area contributed by atoms with Gasteiger partial charge in [-0.2, -0.15) is 0 Å². The Morgan fingerprint density at radius 1 is 0.974 bits per heavy atom. The van der Waals surface area contributed by atoms with Gasteiger partial charge in [-0.1, -0.05) is 43.0 Å². The number of likely N-dealkylation sites (tertiary alicyclic amines) is 2. The lowest BCUT2D eigenvalue weighted by Gasteiger charge is -2.50. The number of imide groups is 2. The minimum absolute atomic E-state index is 0.00565. The standard InChI is InChI=1S/C29H32Cl2N2O6/c1-32-26(37)28(30)15-21-19(11-12-20-22(21)25(36)33(24(20)35)17-5-3-2-4-6-17)23(29(28,31)27(32)38)16-7-9-18(10-8-16)39-14-13-34/h7-11,17,20-23,34H,2-6,12-15H2,1H3/t20-,21+,22-,23-,28+,29-/m0/s1. The van der Waals surface area contributed by atoms with Crippen LogP contribution < -0.4 is 4.74 Å². The fraction of sp³-hybridized carbons (Fsp3) is 0.586. The van der Waals surface area contributed by atoms with Gasteiger partial charge in [-0.05, 0) is 49.3 Å². The Kier molecular flexibility index (Phi) is 6.59. The highest BCUT2D eigenvalue weighted by Gasteiger charge is 2.75. The predicted octanol–water partition coefficient (Wildman–Crippen LogP) is 3.38. The van der Waals surface area contributed by atoms with Gasteiger partial charge in [0.25, 0.3) is 11.8 Å². The maximum Gasteiger partial charge on any atom is 0.253 e. The molecular weight excluding hydrogens is 543 g/mol. The summed E-state index contributed by atoms with van der Waals surface area (Å²) in [5.74, 6) is -3.38. The first-order valence-electron chi connectivity index (χ1n) is 13.8. The number of ether oxygens (including phenoxy) is 1. The lowest BCUT2D eigenvalue weighted by molar-refractivity contribution is -0.144. The first-order chi connectivity index (χ1) is 18.6. The monoisotopic (exact) mass is 574 g/mol. The van der Waals surface area contributed by atoms with Gasteiger partial charge >= 0.3 is 0 Å². The number of halogens is 2. The third-order valence-corrected chi connectivity index (χ3v) is 11.0. The zero-order chi connectivity index (χ0) is 27.7. The number of hydrogen-bond acceptors (Lipinski definition) is 6. The van der Waals surface area contributed by atoms with E-state index in [9.17, 15) is 19.2 Å². The van der Waals surface area contributed by atoms with E-state index < -0.39 is 45.2 Å². The SMILES string of the molecule is CN1C(=O)[C@]2(Cl)C[C@@H]3C(=CC[C@@H]4C(=O)N(C5CCCCC5)C(=O)[C@@H]43)[C@H](c3ccc(OCCO)cc3)[C@]2(Cl)C1=O. The summed E-state index contributed by atoms with van der Waals surface area (Å²) in [5, 5.41) is 9.08. The Labute approximate surface area is 237 Å². The molecule has 1 N–H and O–H groups in total. The number of hydrogen-bond donors (Lipinski definition) is 1. The summed E-state index contributed by atoms with van der Waals surface area (Å²) in [6.07, 6.45) is 7.06. The lowest BCUT2D eigenvalue weighted by Crippen LogP contribution is -2.60. The van der Waals surface area contributed by atoms with Crippen LogP contribution in [0.2, 0.25) is 0 Å². The normalized spacial score (nSPS) is 36.6. The number of amides is 4. The number of fused-ring (bicyclic) bond motifs is 4. The first kappa shape index (κ1) is 26.8. The molecule has 3 aliphatic carbocycles. The molecule has 0 unspecified atom stereocenters. The molecule has 0 radical (unpaired) electrons. The van der Waals surface area contributed by atoms with Crippen molar-refractivity contribution in [3.63, 3.8) is 0 Å². The number of carbonyl (C=O) groups is 4. The average molecular weight is 575 g/mol. The van der Waals surface area contributed by atoms with Gasteiger partial charge in [0.15, 0.2) is 9.75 Å². The van der Waals surface area contributed by atoms with E-state index in [1.54, 1.807) is 24.3 Å². The Morgan fingerprint density at radius 2 is 1.67 bits per heavy atom. The van der Waals surface area contributed by atoms with Crippen molar-refractivity contribution in [1.29, 1.82) is 0 Å². The number of nitrogens with zero attached hydrogens (tertiary/aromatic N) is 2. The number of allylic oxidation sites excluding steroid dienone is 2. The molecule has 10 heteroatoms. The van der Waals surface area contributed by atoms with Crippen molar-refractivity contribution < 1.29 is 29.0 Å². The van der Waals surface area contributed by atoms with E-state index in [1.165, 1.54) is 11.9 Å². The van der Waals surface area contributed by atoms with Crippen molar-refractivity contribution in [3.8, 4) is 5.75 Å². The molecule has 0 spiro atoms. The zero-order valence-corrected chi connectivity index (χ0v) is 23.3. The van der Waals surface area contributed by atoms with E-state index in [4.69, 9.17) is 33.0 Å². The van der Waals surface area contributed by atoms with Crippen LogP contribution in [-0.2, 0) is 19.2 Å². The number of aliphatic hydroxyl groups excluding tert-OH is 1. The van der Waals surface area contributed by atoms with Gasteiger partial charge in [0.05, 0.1) is 18.4 Å². The fourth-order valence-electron chi connectivity index (χ4n) is 7.76. The number of carbonyl (C=O) groups excluding carboxylic acids is 4. The van der Waals surface area contributed by atoms with Crippen LogP contribution in [0.25, 0.3) is 0 Å². The predicted molar refractivity (Wildman–Crippen MR) is 143 cm³/mol. The number of rotatable bonds is 5. The third kappa shape index (κ3) is 3.67. The van der Waals surface area contributed by atoms with Crippen LogP contribution in [0, 0.1) is 17.8 Å². The second-order valence-electron chi connectivity index (χ2n) is 11.5. The van der Waals surface area contributed by atoms with Crippen LogP contribution >= 0.6 is 23.2 Å². The molecule has 208 valence electrons. The van der Waals surface area contributed by atoms with Crippen molar-refractivity contribution >= 4 is 46.8 Å². The molecule has 39 heavy (non-hydrogen) atoms. The summed E-state index contributed by atoms with van der Waals surface area (Å²) in [6, 6.07) is 6.91. The molecule has 1 aromatic carbocycles. The minimum Gasteiger partial charge on any atom is -0.491 e. The summed E-state index contributed by atoms with van der Waals surface area (Å²) in [7, 11) is 1.38. The Bertz CT molecular complexity index is 1260.